The van der Waals surface area contributed by atoms with E-state index in [2.05, 4.69) is 5.32 Å². The van der Waals surface area contributed by atoms with E-state index in [0.29, 0.717) is 33.9 Å². The molecular weight excluding hydrogens is 614 g/mol. The van der Waals surface area contributed by atoms with E-state index in [0.717, 1.165) is 12.1 Å². The molecule has 42 heavy (non-hydrogen) atoms. The van der Waals surface area contributed by atoms with Crippen molar-refractivity contribution in [2.75, 3.05) is 17.4 Å². The lowest BCUT2D eigenvalue weighted by atomic mass is 10.1. The fourth-order valence-electron chi connectivity index (χ4n) is 4.19. The maximum absolute atomic E-state index is 14.0. The first kappa shape index (κ1) is 33.2. The Kier molecular flexibility index (Phi) is 11.3. The van der Waals surface area contributed by atoms with E-state index in [4.69, 9.17) is 23.2 Å². The highest BCUT2D eigenvalue weighted by molar-refractivity contribution is 7.92. The summed E-state index contributed by atoms with van der Waals surface area (Å²) in [5.41, 5.74) is -1.08. The second-order valence-electron chi connectivity index (χ2n) is 9.35. The van der Waals surface area contributed by atoms with Crippen LogP contribution in [-0.2, 0) is 32.3 Å². The highest BCUT2D eigenvalue weighted by Gasteiger charge is 2.36. The number of sulfonamides is 1. The van der Waals surface area contributed by atoms with Crippen molar-refractivity contribution in [3.8, 4) is 0 Å². The first-order valence-electron chi connectivity index (χ1n) is 13.1. The van der Waals surface area contributed by atoms with Crippen molar-refractivity contribution >= 4 is 50.7 Å². The molecule has 0 unspecified atom stereocenters. The quantitative estimate of drug-likeness (QED) is 0.243. The summed E-state index contributed by atoms with van der Waals surface area (Å²) in [5, 5.41) is 2.89. The molecule has 13 heteroatoms. The normalized spacial score (nSPS) is 12.5. The molecule has 0 bridgehead atoms. The van der Waals surface area contributed by atoms with Crippen LogP contribution in [0, 0.1) is 0 Å². The largest absolute Gasteiger partial charge is 0.416 e. The molecule has 0 aliphatic heterocycles. The smallest absolute Gasteiger partial charge is 0.354 e. The summed E-state index contributed by atoms with van der Waals surface area (Å²) >= 11 is 12.3. The molecule has 1 atom stereocenters. The van der Waals surface area contributed by atoms with Crippen LogP contribution in [-0.4, -0.2) is 44.3 Å². The van der Waals surface area contributed by atoms with E-state index in [-0.39, 0.29) is 22.9 Å². The minimum absolute atomic E-state index is 0.0936. The lowest BCUT2D eigenvalue weighted by molar-refractivity contribution is -0.140. The second-order valence-corrected chi connectivity index (χ2v) is 12.1. The zero-order valence-corrected chi connectivity index (χ0v) is 25.2. The van der Waals surface area contributed by atoms with Crippen molar-refractivity contribution in [3.05, 3.63) is 94.0 Å². The number of benzene rings is 3. The van der Waals surface area contributed by atoms with Crippen molar-refractivity contribution in [3.63, 3.8) is 0 Å². The van der Waals surface area contributed by atoms with Gasteiger partial charge < -0.3 is 10.2 Å². The molecule has 0 saturated heterocycles. The average molecular weight is 645 g/mol. The first-order valence-corrected chi connectivity index (χ1v) is 15.2. The molecule has 0 fully saturated rings. The van der Waals surface area contributed by atoms with E-state index < -0.39 is 51.9 Å². The van der Waals surface area contributed by atoms with Crippen molar-refractivity contribution in [2.45, 2.75) is 50.3 Å². The Balaban J connectivity index is 2.14. The zero-order chi connectivity index (χ0) is 31.1. The van der Waals surface area contributed by atoms with Crippen LogP contribution in [0.15, 0.2) is 77.7 Å². The summed E-state index contributed by atoms with van der Waals surface area (Å²) < 4.78 is 69.2. The number of carbonyl (C=O) groups is 2. The van der Waals surface area contributed by atoms with Crippen LogP contribution in [0.5, 0.6) is 0 Å². The Morgan fingerprint density at radius 1 is 0.952 bits per heavy atom. The van der Waals surface area contributed by atoms with Crippen LogP contribution in [0.2, 0.25) is 10.0 Å². The third-order valence-electron chi connectivity index (χ3n) is 6.35. The van der Waals surface area contributed by atoms with Crippen LogP contribution >= 0.6 is 23.2 Å². The predicted octanol–water partition coefficient (Wildman–Crippen LogP) is 6.54. The Bertz CT molecular complexity index is 1490. The number of carbonyl (C=O) groups excluding carboxylic acids is 2. The van der Waals surface area contributed by atoms with Gasteiger partial charge in [-0.1, -0.05) is 67.4 Å². The highest BCUT2D eigenvalue weighted by atomic mass is 35.5. The topological polar surface area (TPSA) is 86.8 Å². The van der Waals surface area contributed by atoms with Gasteiger partial charge in [-0.15, -0.1) is 0 Å². The first-order chi connectivity index (χ1) is 19.8. The zero-order valence-electron chi connectivity index (χ0n) is 22.9. The van der Waals surface area contributed by atoms with Gasteiger partial charge in [0.1, 0.15) is 12.6 Å². The lowest BCUT2D eigenvalue weighted by Crippen LogP contribution is -2.52. The number of alkyl halides is 3. The number of hydrogen-bond donors (Lipinski definition) is 1. The maximum Gasteiger partial charge on any atom is 0.416 e. The minimum atomic E-state index is -4.81. The average Bonchev–Trinajstić information content (AvgIpc) is 2.95. The van der Waals surface area contributed by atoms with Gasteiger partial charge in [-0.2, -0.15) is 13.2 Å². The molecule has 0 spiro atoms. The molecule has 0 aliphatic carbocycles. The van der Waals surface area contributed by atoms with Crippen LogP contribution in [0.25, 0.3) is 0 Å². The summed E-state index contributed by atoms with van der Waals surface area (Å²) in [5.74, 6) is -1.27. The molecule has 0 aliphatic rings. The Morgan fingerprint density at radius 2 is 1.60 bits per heavy atom. The van der Waals surface area contributed by atoms with Crippen LogP contribution < -0.4 is 9.62 Å². The van der Waals surface area contributed by atoms with Gasteiger partial charge in [0.25, 0.3) is 10.0 Å². The third-order valence-corrected chi connectivity index (χ3v) is 8.70. The summed E-state index contributed by atoms with van der Waals surface area (Å²) in [6.07, 6.45) is -3.98. The number of rotatable bonds is 12. The number of anilines is 1. The minimum Gasteiger partial charge on any atom is -0.354 e. The summed E-state index contributed by atoms with van der Waals surface area (Å²) in [7, 11) is -4.60. The van der Waals surface area contributed by atoms with E-state index in [9.17, 15) is 31.2 Å². The fourth-order valence-corrected chi connectivity index (χ4v) is 6.03. The van der Waals surface area contributed by atoms with E-state index in [1.165, 1.54) is 29.2 Å². The number of halogens is 5. The molecule has 0 radical (unpaired) electrons. The van der Waals surface area contributed by atoms with Gasteiger partial charge >= 0.3 is 6.18 Å². The van der Waals surface area contributed by atoms with E-state index in [1.807, 2.05) is 6.92 Å². The number of nitrogens with one attached hydrogen (secondary N) is 1. The van der Waals surface area contributed by atoms with Crippen molar-refractivity contribution in [1.29, 1.82) is 0 Å². The number of hydrogen-bond acceptors (Lipinski definition) is 4. The van der Waals surface area contributed by atoms with Gasteiger partial charge in [-0.3, -0.25) is 13.9 Å². The van der Waals surface area contributed by atoms with Crippen molar-refractivity contribution in [2.24, 2.45) is 0 Å². The van der Waals surface area contributed by atoms with Crippen molar-refractivity contribution < 1.29 is 31.2 Å². The molecule has 3 aromatic rings. The maximum atomic E-state index is 14.0. The van der Waals surface area contributed by atoms with Crippen LogP contribution in [0.3, 0.4) is 0 Å². The highest BCUT2D eigenvalue weighted by Crippen LogP contribution is 2.37. The van der Waals surface area contributed by atoms with E-state index in [1.54, 1.807) is 37.3 Å². The molecule has 226 valence electrons. The Labute approximate surface area is 253 Å². The van der Waals surface area contributed by atoms with E-state index >= 15 is 0 Å². The molecule has 1 N–H and O–H groups in total. The van der Waals surface area contributed by atoms with Crippen LogP contribution in [0.4, 0.5) is 18.9 Å². The predicted molar refractivity (Wildman–Crippen MR) is 157 cm³/mol. The molecule has 3 aromatic carbocycles. The van der Waals surface area contributed by atoms with Crippen LogP contribution in [0.1, 0.15) is 37.8 Å². The molecule has 3 rings (SSSR count). The standard InChI is InChI=1S/C29H30Cl2F3N3O4S/c1-3-16-35-28(39)25(4-2)36(18-20-10-13-22(30)14-11-20)27(38)19-37(42(40,41)23-8-6-5-7-9-23)26-17-21(29(32,33)34)12-15-24(26)31/h5-15,17,25H,3-4,16,18-19H2,1-2H3,(H,35,39)/t25-/m1/s1. The lowest BCUT2D eigenvalue weighted by Gasteiger charge is -2.33. The van der Waals surface area contributed by atoms with Gasteiger partial charge in [-0.05, 0) is 60.9 Å². The van der Waals surface area contributed by atoms with Crippen molar-refractivity contribution in [1.82, 2.24) is 10.2 Å². The summed E-state index contributed by atoms with van der Waals surface area (Å²) in [6, 6.07) is 14.7. The molecule has 0 aromatic heterocycles. The van der Waals surface area contributed by atoms with Gasteiger partial charge in [0.05, 0.1) is 21.2 Å². The summed E-state index contributed by atoms with van der Waals surface area (Å²) in [6.45, 7) is 2.89. The second kappa shape index (κ2) is 14.3. The number of amides is 2. The molecule has 0 heterocycles. The number of nitrogens with zero attached hydrogens (tertiary/aromatic N) is 2. The molecule has 2 amide bonds. The summed E-state index contributed by atoms with van der Waals surface area (Å²) in [4.78, 5) is 28.0. The molecule has 0 saturated carbocycles. The van der Waals surface area contributed by atoms with Gasteiger partial charge in [-0.25, -0.2) is 8.42 Å². The Hall–Kier alpha value is -3.28. The van der Waals surface area contributed by atoms with Gasteiger partial charge in [0.2, 0.25) is 11.8 Å². The van der Waals surface area contributed by atoms with Gasteiger partial charge in [0.15, 0.2) is 0 Å². The SMILES string of the molecule is CCCNC(=O)[C@@H](CC)N(Cc1ccc(Cl)cc1)C(=O)CN(c1cc(C(F)(F)F)ccc1Cl)S(=O)(=O)c1ccccc1. The fraction of sp³-hybridized carbons (Fsp3) is 0.310. The monoisotopic (exact) mass is 643 g/mol. The molecule has 7 nitrogen and oxygen atoms in total. The Morgan fingerprint density at radius 3 is 2.17 bits per heavy atom. The van der Waals surface area contributed by atoms with Gasteiger partial charge in [0, 0.05) is 18.1 Å². The molecular formula is C29H30Cl2F3N3O4S. The third kappa shape index (κ3) is 8.17.